The predicted molar refractivity (Wildman–Crippen MR) is 163 cm³/mol. The summed E-state index contributed by atoms with van der Waals surface area (Å²) in [5, 5.41) is 36.2. The van der Waals surface area contributed by atoms with E-state index in [0.29, 0.717) is 30.3 Å². The van der Waals surface area contributed by atoms with Crippen molar-refractivity contribution in [3.05, 3.63) is 23.0 Å². The number of amides is 1. The maximum absolute atomic E-state index is 15.8. The highest BCUT2D eigenvalue weighted by molar-refractivity contribution is 7.26. The van der Waals surface area contributed by atoms with Crippen molar-refractivity contribution < 1.29 is 47.3 Å². The Balaban J connectivity index is 1.01. The summed E-state index contributed by atoms with van der Waals surface area (Å²) in [6.07, 6.45) is -9.30. The summed E-state index contributed by atoms with van der Waals surface area (Å²) >= 11 is 0. The summed E-state index contributed by atoms with van der Waals surface area (Å²) < 4.78 is 44.3. The minimum Gasteiger partial charge on any atom is -0.387 e. The Kier molecular flexibility index (Phi) is 11.1. The third-order valence-electron chi connectivity index (χ3n) is 8.19. The van der Waals surface area contributed by atoms with E-state index in [1.165, 1.54) is 11.2 Å². The standard InChI is InChI=1S/C23H41FN12O9P2/c24-11-16(9(3-40-46)43-21(11)36-7-31-13-19(36)32-23(27)33-20(13)39)45-47-41-4-8-14(37)15(38)22(42-8)35-6-30-12-17(28-5-29-18(12)35)34-44-10(26)1-2-25/h5,8-11,14-17,21-23,30-32,34,37-38,47H,1-4,6-7,25-27,46H2,(H,28,29)(H,33,39)/t8-,9-,10?,11?,14?,15?,16?,17?,21-,22-,23?/m1/s1. The molecule has 0 saturated carbocycles. The first kappa shape index (κ1) is 34.6. The van der Waals surface area contributed by atoms with Gasteiger partial charge in [-0.3, -0.25) is 15.4 Å². The fourth-order valence-electron chi connectivity index (χ4n) is 5.88. The van der Waals surface area contributed by atoms with Crippen molar-refractivity contribution in [2.45, 2.75) is 74.3 Å². The van der Waals surface area contributed by atoms with Crippen LogP contribution in [0.2, 0.25) is 0 Å². The number of aliphatic hydroxyl groups is 2. The van der Waals surface area contributed by atoms with Crippen molar-refractivity contribution in [2.24, 2.45) is 22.2 Å². The average Bonchev–Trinajstić information content (AvgIpc) is 3.80. The third kappa shape index (κ3) is 7.08. The number of halogens is 1. The van der Waals surface area contributed by atoms with E-state index in [0.717, 1.165) is 0 Å². The quantitative estimate of drug-likeness (QED) is 0.0347. The maximum Gasteiger partial charge on any atom is 0.273 e. The Labute approximate surface area is 272 Å². The van der Waals surface area contributed by atoms with Crippen LogP contribution in [0.1, 0.15) is 6.42 Å². The van der Waals surface area contributed by atoms with Crippen LogP contribution in [-0.4, -0.2) is 133 Å². The van der Waals surface area contributed by atoms with E-state index in [2.05, 4.69) is 46.5 Å². The van der Waals surface area contributed by atoms with Crippen LogP contribution in [-0.2, 0) is 32.7 Å². The molecule has 6 heterocycles. The number of hydrogen-bond acceptors (Lipinski definition) is 20. The SMILES string of the molecule is NCCC(N)ONC1N=CNC2=C1NCN2[C@@H]1O[C@H](COPOC2C(F)[C@H](N3CNC4=C3NC(N)NC4=O)O[C@@H]2COP)C(O)C1O. The number of hydroxylamine groups is 1. The van der Waals surface area contributed by atoms with Crippen LogP contribution < -0.4 is 49.3 Å². The molecule has 21 nitrogen and oxygen atoms in total. The molecule has 47 heavy (non-hydrogen) atoms. The van der Waals surface area contributed by atoms with Crippen molar-refractivity contribution in [3.8, 4) is 0 Å². The van der Waals surface area contributed by atoms with Crippen LogP contribution in [0.3, 0.4) is 0 Å². The lowest BCUT2D eigenvalue weighted by molar-refractivity contribution is -0.119. The smallest absolute Gasteiger partial charge is 0.273 e. The molecule has 6 rings (SSSR count). The zero-order valence-corrected chi connectivity index (χ0v) is 27.1. The van der Waals surface area contributed by atoms with Gasteiger partial charge in [0.1, 0.15) is 54.1 Å². The molecule has 1 amide bonds. The molecular formula is C23H41FN12O9P2. The summed E-state index contributed by atoms with van der Waals surface area (Å²) in [6, 6.07) is 0. The molecule has 0 aliphatic carbocycles. The summed E-state index contributed by atoms with van der Waals surface area (Å²) in [5.74, 6) is 0.457. The van der Waals surface area contributed by atoms with Crippen LogP contribution in [0.4, 0.5) is 4.39 Å². The maximum atomic E-state index is 15.8. The number of carbonyl (C=O) groups excluding carboxylic acids is 1. The van der Waals surface area contributed by atoms with Gasteiger partial charge in [-0.2, -0.15) is 5.48 Å². The normalized spacial score (nSPS) is 37.2. The van der Waals surface area contributed by atoms with Gasteiger partial charge in [0.2, 0.25) is 0 Å². The summed E-state index contributed by atoms with van der Waals surface area (Å²) in [5.41, 5.74) is 20.8. The lowest BCUT2D eigenvalue weighted by atomic mass is 10.1. The van der Waals surface area contributed by atoms with Gasteiger partial charge < -0.3 is 81.1 Å². The highest BCUT2D eigenvalue weighted by Gasteiger charge is 2.52. The fourth-order valence-corrected chi connectivity index (χ4v) is 6.76. The molecule has 2 fully saturated rings. The van der Waals surface area contributed by atoms with Gasteiger partial charge in [-0.1, -0.05) is 0 Å². The number of carbonyl (C=O) groups is 1. The van der Waals surface area contributed by atoms with Gasteiger partial charge in [-0.25, -0.2) is 9.38 Å². The Morgan fingerprint density at radius 3 is 2.70 bits per heavy atom. The van der Waals surface area contributed by atoms with E-state index in [4.69, 9.17) is 45.1 Å². The first-order chi connectivity index (χ1) is 22.7. The lowest BCUT2D eigenvalue weighted by Gasteiger charge is -2.32. The number of nitrogens with zero attached hydrogens (tertiary/aromatic N) is 3. The molecule has 0 spiro atoms. The molecule has 0 radical (unpaired) electrons. The van der Waals surface area contributed by atoms with Gasteiger partial charge in [-0.05, 0) is 6.54 Å². The van der Waals surface area contributed by atoms with Crippen LogP contribution in [0.5, 0.6) is 0 Å². The molecule has 0 aromatic rings. The van der Waals surface area contributed by atoms with Crippen LogP contribution in [0.15, 0.2) is 28.0 Å². The molecule has 264 valence electrons. The number of aliphatic imine (C=N–C) groups is 1. The molecule has 6 aliphatic heterocycles. The van der Waals surface area contributed by atoms with Crippen molar-refractivity contribution >= 4 is 30.7 Å². The second-order valence-electron chi connectivity index (χ2n) is 11.2. The monoisotopic (exact) mass is 710 g/mol. The number of aliphatic hydroxyl groups excluding tert-OH is 2. The number of alkyl halides is 1. The Morgan fingerprint density at radius 2 is 1.91 bits per heavy atom. The van der Waals surface area contributed by atoms with Crippen molar-refractivity contribution in [1.82, 2.24) is 41.9 Å². The predicted octanol–water partition coefficient (Wildman–Crippen LogP) is -5.65. The first-order valence-corrected chi connectivity index (χ1v) is 16.1. The highest BCUT2D eigenvalue weighted by atomic mass is 31.1. The minimum atomic E-state index is -1.66. The molecular weight excluding hydrogens is 669 g/mol. The molecule has 9 unspecified atom stereocenters. The second kappa shape index (κ2) is 15.1. The van der Waals surface area contributed by atoms with Gasteiger partial charge in [0.05, 0.1) is 38.6 Å². The van der Waals surface area contributed by atoms with Crippen LogP contribution in [0, 0.1) is 0 Å². The molecule has 0 bridgehead atoms. The molecule has 24 heteroatoms. The first-order valence-electron chi connectivity index (χ1n) is 14.8. The molecule has 2 saturated heterocycles. The van der Waals surface area contributed by atoms with Gasteiger partial charge in [0.25, 0.3) is 5.91 Å². The van der Waals surface area contributed by atoms with E-state index in [-0.39, 0.29) is 32.2 Å². The Bertz CT molecular complexity index is 1240. The zero-order valence-electron chi connectivity index (χ0n) is 25.0. The van der Waals surface area contributed by atoms with Gasteiger partial charge >= 0.3 is 0 Å². The van der Waals surface area contributed by atoms with E-state index >= 15 is 4.39 Å². The zero-order chi connectivity index (χ0) is 33.2. The van der Waals surface area contributed by atoms with Crippen molar-refractivity contribution in [3.63, 3.8) is 0 Å². The van der Waals surface area contributed by atoms with E-state index in [1.807, 2.05) is 0 Å². The number of rotatable bonds is 14. The molecule has 0 aromatic heterocycles. The van der Waals surface area contributed by atoms with Crippen molar-refractivity contribution in [2.75, 3.05) is 33.1 Å². The fraction of sp³-hybridized carbons (Fsp3) is 0.739. The van der Waals surface area contributed by atoms with Gasteiger partial charge in [0.15, 0.2) is 40.1 Å². The summed E-state index contributed by atoms with van der Waals surface area (Å²) in [6.45, 7) is 0.538. The van der Waals surface area contributed by atoms with Crippen molar-refractivity contribution in [1.29, 1.82) is 0 Å². The van der Waals surface area contributed by atoms with E-state index < -0.39 is 82.8 Å². The number of hydrogen-bond donors (Lipinski definition) is 11. The second-order valence-corrected chi connectivity index (χ2v) is 12.3. The Hall–Kier alpha value is -2.27. The topological polar surface area (TPSA) is 282 Å². The minimum absolute atomic E-state index is 0.000876. The van der Waals surface area contributed by atoms with Crippen LogP contribution in [0.25, 0.3) is 0 Å². The van der Waals surface area contributed by atoms with E-state index in [1.54, 1.807) is 4.90 Å². The Morgan fingerprint density at radius 1 is 1.15 bits per heavy atom. The molecule has 0 aromatic carbocycles. The number of nitrogens with one attached hydrogen (secondary N) is 6. The largest absolute Gasteiger partial charge is 0.387 e. The third-order valence-corrected chi connectivity index (χ3v) is 9.03. The summed E-state index contributed by atoms with van der Waals surface area (Å²) in [4.78, 5) is 25.2. The van der Waals surface area contributed by atoms with Crippen LogP contribution >= 0.6 is 18.5 Å². The average molecular weight is 711 g/mol. The highest BCUT2D eigenvalue weighted by Crippen LogP contribution is 2.37. The van der Waals surface area contributed by atoms with Gasteiger partial charge in [0, 0.05) is 15.9 Å². The lowest BCUT2D eigenvalue weighted by Crippen LogP contribution is -2.58. The molecule has 6 aliphatic rings. The number of ether oxygens (including phenoxy) is 2. The number of nitrogens with two attached hydrogens (primary N) is 3. The van der Waals surface area contributed by atoms with E-state index in [9.17, 15) is 15.0 Å². The molecule has 14 N–H and O–H groups in total. The summed E-state index contributed by atoms with van der Waals surface area (Å²) in [7, 11) is 1.42. The van der Waals surface area contributed by atoms with Gasteiger partial charge in [-0.15, -0.1) is 0 Å². The molecule has 13 atom stereocenters.